The minimum Gasteiger partial charge on any atom is -0.393 e. The van der Waals surface area contributed by atoms with E-state index in [4.69, 9.17) is 0 Å². The largest absolute Gasteiger partial charge is 0.393 e. The van der Waals surface area contributed by atoms with Crippen molar-refractivity contribution in [2.75, 3.05) is 0 Å². The number of hydrogen-bond donors (Lipinski definition) is 1. The molecule has 4 rings (SSSR count). The molecule has 0 aliphatic heterocycles. The van der Waals surface area contributed by atoms with Crippen LogP contribution in [-0.2, 0) is 9.59 Å². The van der Waals surface area contributed by atoms with Gasteiger partial charge >= 0.3 is 0 Å². The molecule has 4 saturated carbocycles. The van der Waals surface area contributed by atoms with Gasteiger partial charge < -0.3 is 5.11 Å². The van der Waals surface area contributed by atoms with E-state index in [1.54, 1.807) is 6.92 Å². The summed E-state index contributed by atoms with van der Waals surface area (Å²) in [6, 6.07) is 0. The molecule has 0 saturated heterocycles. The molecular weight excluding hydrogens is 312 g/mol. The Kier molecular flexibility index (Phi) is 4.00. The van der Waals surface area contributed by atoms with Crippen LogP contribution in [0.15, 0.2) is 0 Å². The van der Waals surface area contributed by atoms with E-state index in [1.807, 2.05) is 0 Å². The highest BCUT2D eigenvalue weighted by Crippen LogP contribution is 2.68. The van der Waals surface area contributed by atoms with Crippen LogP contribution in [0.4, 0.5) is 0 Å². The first-order valence-corrected chi connectivity index (χ1v) is 10.4. The van der Waals surface area contributed by atoms with E-state index < -0.39 is 0 Å². The molecule has 3 nitrogen and oxygen atoms in total. The Bertz CT molecular complexity index is 598. The van der Waals surface area contributed by atoms with Crippen LogP contribution in [0.1, 0.15) is 72.6 Å². The summed E-state index contributed by atoms with van der Waals surface area (Å²) in [4.78, 5) is 24.4. The van der Waals surface area contributed by atoms with Crippen LogP contribution in [-0.4, -0.2) is 22.8 Å². The van der Waals surface area contributed by atoms with Crippen LogP contribution in [0, 0.1) is 46.3 Å². The van der Waals surface area contributed by atoms with Gasteiger partial charge in [-0.2, -0.15) is 0 Å². The second-order valence-corrected chi connectivity index (χ2v) is 10.4. The Labute approximate surface area is 151 Å². The summed E-state index contributed by atoms with van der Waals surface area (Å²) >= 11 is 0. The normalized spacial score (nSPS) is 55.2. The Morgan fingerprint density at radius 1 is 1.20 bits per heavy atom. The maximum atomic E-state index is 12.4. The van der Waals surface area contributed by atoms with Crippen molar-refractivity contribution in [3.8, 4) is 0 Å². The van der Waals surface area contributed by atoms with Crippen LogP contribution in [0.5, 0.6) is 0 Å². The molecule has 4 aliphatic rings. The molecular formula is C22H34O3. The van der Waals surface area contributed by atoms with E-state index >= 15 is 0 Å². The second-order valence-electron chi connectivity index (χ2n) is 10.4. The van der Waals surface area contributed by atoms with Gasteiger partial charge in [-0.05, 0) is 79.4 Å². The number of carbonyl (C=O) groups excluding carboxylic acids is 2. The molecule has 0 aromatic rings. The Morgan fingerprint density at radius 3 is 2.60 bits per heavy atom. The monoisotopic (exact) mass is 346 g/mol. The lowest BCUT2D eigenvalue weighted by molar-refractivity contribution is -0.174. The number of hydrogen-bond acceptors (Lipinski definition) is 3. The van der Waals surface area contributed by atoms with Crippen molar-refractivity contribution >= 4 is 11.6 Å². The fourth-order valence-corrected chi connectivity index (χ4v) is 8.40. The van der Waals surface area contributed by atoms with Crippen molar-refractivity contribution in [2.45, 2.75) is 78.7 Å². The number of carbonyl (C=O) groups is 2. The highest BCUT2D eigenvalue weighted by atomic mass is 16.3. The summed E-state index contributed by atoms with van der Waals surface area (Å²) in [5.41, 5.74) is 0.0641. The molecule has 0 bridgehead atoms. The minimum absolute atomic E-state index is 0.0421. The molecule has 0 spiro atoms. The van der Waals surface area contributed by atoms with Crippen molar-refractivity contribution in [1.82, 2.24) is 0 Å². The number of aliphatic hydroxyl groups excluding tert-OH is 1. The van der Waals surface area contributed by atoms with Crippen molar-refractivity contribution in [3.63, 3.8) is 0 Å². The first-order chi connectivity index (χ1) is 11.7. The first-order valence-electron chi connectivity index (χ1n) is 10.4. The fourth-order valence-electron chi connectivity index (χ4n) is 8.40. The topological polar surface area (TPSA) is 54.4 Å². The summed E-state index contributed by atoms with van der Waals surface area (Å²) in [6.45, 7) is 8.63. The third-order valence-electron chi connectivity index (χ3n) is 9.19. The predicted molar refractivity (Wildman–Crippen MR) is 96.8 cm³/mol. The lowest BCUT2D eigenvalue weighted by atomic mass is 9.44. The summed E-state index contributed by atoms with van der Waals surface area (Å²) in [5, 5.41) is 11.3. The van der Waals surface area contributed by atoms with Crippen molar-refractivity contribution < 1.29 is 14.7 Å². The van der Waals surface area contributed by atoms with Crippen LogP contribution in [0.2, 0.25) is 0 Å². The summed E-state index contributed by atoms with van der Waals surface area (Å²) < 4.78 is 0. The molecule has 0 aromatic heterocycles. The number of Topliss-reactive ketones (excluding diaryl/α,β-unsaturated/α-hetero) is 2. The number of fused-ring (bicyclic) bond motifs is 5. The summed E-state index contributed by atoms with van der Waals surface area (Å²) in [7, 11) is 0. The van der Waals surface area contributed by atoms with Crippen LogP contribution in [0.3, 0.4) is 0 Å². The molecule has 4 aliphatic carbocycles. The van der Waals surface area contributed by atoms with E-state index in [0.29, 0.717) is 47.6 Å². The van der Waals surface area contributed by atoms with E-state index in [2.05, 4.69) is 20.8 Å². The highest BCUT2D eigenvalue weighted by molar-refractivity contribution is 5.80. The van der Waals surface area contributed by atoms with Crippen LogP contribution >= 0.6 is 0 Å². The molecule has 4 fully saturated rings. The second kappa shape index (κ2) is 5.65. The van der Waals surface area contributed by atoms with Gasteiger partial charge in [0, 0.05) is 18.8 Å². The zero-order valence-corrected chi connectivity index (χ0v) is 16.3. The summed E-state index contributed by atoms with van der Waals surface area (Å²) in [6.07, 6.45) is 6.20. The molecule has 0 unspecified atom stereocenters. The van der Waals surface area contributed by atoms with Gasteiger partial charge in [-0.25, -0.2) is 0 Å². The van der Waals surface area contributed by atoms with Crippen LogP contribution < -0.4 is 0 Å². The minimum atomic E-state index is -0.320. The lowest BCUT2D eigenvalue weighted by Crippen LogP contribution is -2.59. The molecule has 0 radical (unpaired) electrons. The average Bonchev–Trinajstić information content (AvgIpc) is 2.77. The quantitative estimate of drug-likeness (QED) is 0.780. The zero-order valence-electron chi connectivity index (χ0n) is 16.3. The Balaban J connectivity index is 1.70. The third kappa shape index (κ3) is 2.33. The number of rotatable bonds is 1. The SMILES string of the molecule is CC(=O)[C@H]1[C@H](C)C[C@@H]2[C@@H]3CC[C@H]4CC(=O)CC[C@]4(C)[C@H]3[C@H](O)C[C@@]21C. The van der Waals surface area contributed by atoms with Gasteiger partial charge in [-0.1, -0.05) is 20.8 Å². The van der Waals surface area contributed by atoms with Gasteiger partial charge in [-0.3, -0.25) is 9.59 Å². The van der Waals surface area contributed by atoms with E-state index in [1.165, 1.54) is 0 Å². The summed E-state index contributed by atoms with van der Waals surface area (Å²) in [5.74, 6) is 3.11. The van der Waals surface area contributed by atoms with E-state index in [9.17, 15) is 14.7 Å². The average molecular weight is 347 g/mol. The molecule has 1 N–H and O–H groups in total. The maximum absolute atomic E-state index is 12.4. The van der Waals surface area contributed by atoms with Gasteiger partial charge in [0.1, 0.15) is 11.6 Å². The Morgan fingerprint density at radius 2 is 1.92 bits per heavy atom. The number of aliphatic hydroxyl groups is 1. The molecule has 25 heavy (non-hydrogen) atoms. The lowest BCUT2D eigenvalue weighted by Gasteiger charge is -2.61. The van der Waals surface area contributed by atoms with Gasteiger partial charge in [0.2, 0.25) is 0 Å². The standard InChI is InChI=1S/C22H34O3/c1-12-9-17-16-6-5-14-10-15(24)7-8-21(14,3)20(16)18(25)11-22(17,4)19(12)13(2)23/h12,14,16-20,25H,5-11H2,1-4H3/t12-,14+,16+,17-,18-,19-,20-,21+,22+/m1/s1. The van der Waals surface area contributed by atoms with E-state index in [0.717, 1.165) is 38.5 Å². The van der Waals surface area contributed by atoms with Crippen LogP contribution in [0.25, 0.3) is 0 Å². The van der Waals surface area contributed by atoms with Crippen molar-refractivity contribution in [2.24, 2.45) is 46.3 Å². The van der Waals surface area contributed by atoms with Gasteiger partial charge in [0.15, 0.2) is 0 Å². The first kappa shape index (κ1) is 17.7. The molecule has 0 heterocycles. The molecule has 9 atom stereocenters. The highest BCUT2D eigenvalue weighted by Gasteiger charge is 2.64. The van der Waals surface area contributed by atoms with Gasteiger partial charge in [0.25, 0.3) is 0 Å². The van der Waals surface area contributed by atoms with Gasteiger partial charge in [0.05, 0.1) is 6.10 Å². The molecule has 3 heteroatoms. The van der Waals surface area contributed by atoms with Crippen molar-refractivity contribution in [1.29, 1.82) is 0 Å². The number of ketones is 2. The fraction of sp³-hybridized carbons (Fsp3) is 0.909. The zero-order chi connectivity index (χ0) is 18.1. The molecule has 140 valence electrons. The smallest absolute Gasteiger partial charge is 0.133 e. The molecule has 0 aromatic carbocycles. The maximum Gasteiger partial charge on any atom is 0.133 e. The van der Waals surface area contributed by atoms with E-state index in [-0.39, 0.29) is 22.9 Å². The Hall–Kier alpha value is -0.700. The third-order valence-corrected chi connectivity index (χ3v) is 9.19. The molecule has 0 amide bonds. The predicted octanol–water partition coefficient (Wildman–Crippen LogP) is 4.02. The van der Waals surface area contributed by atoms with Crippen molar-refractivity contribution in [3.05, 3.63) is 0 Å². The van der Waals surface area contributed by atoms with Gasteiger partial charge in [-0.15, -0.1) is 0 Å².